The average molecular weight is 434 g/mol. The van der Waals surface area contributed by atoms with Crippen LogP contribution in [0.2, 0.25) is 5.02 Å². The number of rotatable bonds is 5. The number of likely N-dealkylation sites (tertiary alicyclic amines) is 1. The van der Waals surface area contributed by atoms with Crippen LogP contribution in [-0.2, 0) is 6.54 Å². The predicted octanol–water partition coefficient (Wildman–Crippen LogP) is 4.83. The summed E-state index contributed by atoms with van der Waals surface area (Å²) in [6, 6.07) is 14.0. The Morgan fingerprint density at radius 3 is 2.77 bits per heavy atom. The van der Waals surface area contributed by atoms with E-state index in [0.29, 0.717) is 11.8 Å². The Morgan fingerprint density at radius 1 is 1.10 bits per heavy atom. The van der Waals surface area contributed by atoms with Crippen molar-refractivity contribution in [1.29, 1.82) is 0 Å². The van der Waals surface area contributed by atoms with E-state index >= 15 is 0 Å². The predicted molar refractivity (Wildman–Crippen MR) is 121 cm³/mol. The second kappa shape index (κ2) is 8.65. The zero-order chi connectivity index (χ0) is 21.2. The molecule has 7 heteroatoms. The van der Waals surface area contributed by atoms with E-state index in [1.807, 2.05) is 47.2 Å². The van der Waals surface area contributed by atoms with E-state index in [0.717, 1.165) is 54.4 Å². The van der Waals surface area contributed by atoms with E-state index in [-0.39, 0.29) is 0 Å². The maximum Gasteiger partial charge on any atom is 0.222 e. The Morgan fingerprint density at radius 2 is 1.94 bits per heavy atom. The highest BCUT2D eigenvalue weighted by Gasteiger charge is 2.29. The van der Waals surface area contributed by atoms with Crippen LogP contribution in [-0.4, -0.2) is 44.7 Å². The number of nitrogens with zero attached hydrogens (tertiary/aromatic N) is 5. The molecule has 6 nitrogen and oxygen atoms in total. The van der Waals surface area contributed by atoms with Gasteiger partial charge in [0.25, 0.3) is 0 Å². The first-order valence-corrected chi connectivity index (χ1v) is 10.9. The van der Waals surface area contributed by atoms with Gasteiger partial charge in [-0.25, -0.2) is 14.5 Å². The molecular formula is C24H24ClN5O. The number of pyridine rings is 1. The molecule has 0 bridgehead atoms. The van der Waals surface area contributed by atoms with Crippen LogP contribution in [0.3, 0.4) is 0 Å². The van der Waals surface area contributed by atoms with E-state index in [1.165, 1.54) is 11.1 Å². The standard InChI is InChI=1S/C24H24ClN5O/c1-31-24-20(6-2-11-27-24)22-21(23-26-12-4-14-30(23)28-22)18-5-3-13-29(16-18)15-17-7-9-19(25)10-8-17/h2,4,6-12,14,18H,3,5,13,15-16H2,1H3. The monoisotopic (exact) mass is 433 g/mol. The molecular weight excluding hydrogens is 410 g/mol. The zero-order valence-electron chi connectivity index (χ0n) is 17.4. The van der Waals surface area contributed by atoms with Crippen LogP contribution in [0.25, 0.3) is 16.9 Å². The van der Waals surface area contributed by atoms with Crippen molar-refractivity contribution in [2.45, 2.75) is 25.3 Å². The van der Waals surface area contributed by atoms with Gasteiger partial charge in [0.05, 0.1) is 12.7 Å². The molecule has 158 valence electrons. The number of fused-ring (bicyclic) bond motifs is 1. The highest BCUT2D eigenvalue weighted by Crippen LogP contribution is 2.39. The van der Waals surface area contributed by atoms with Crippen LogP contribution in [0.1, 0.15) is 29.9 Å². The lowest BCUT2D eigenvalue weighted by Crippen LogP contribution is -2.34. The van der Waals surface area contributed by atoms with Gasteiger partial charge in [-0.15, -0.1) is 0 Å². The van der Waals surface area contributed by atoms with Crippen molar-refractivity contribution in [1.82, 2.24) is 24.5 Å². The summed E-state index contributed by atoms with van der Waals surface area (Å²) in [7, 11) is 1.65. The lowest BCUT2D eigenvalue weighted by Gasteiger charge is -2.33. The molecule has 1 aromatic carbocycles. The molecule has 1 aliphatic rings. The van der Waals surface area contributed by atoms with E-state index in [1.54, 1.807) is 13.3 Å². The molecule has 0 aliphatic carbocycles. The molecule has 1 aliphatic heterocycles. The quantitative estimate of drug-likeness (QED) is 0.451. The van der Waals surface area contributed by atoms with Gasteiger partial charge in [-0.3, -0.25) is 4.90 Å². The number of hydrogen-bond acceptors (Lipinski definition) is 5. The van der Waals surface area contributed by atoms with E-state index in [2.05, 4.69) is 27.0 Å². The van der Waals surface area contributed by atoms with Crippen molar-refractivity contribution in [3.8, 4) is 17.1 Å². The Bertz CT molecular complexity index is 1190. The summed E-state index contributed by atoms with van der Waals surface area (Å²) < 4.78 is 7.42. The molecule has 4 aromatic rings. The third kappa shape index (κ3) is 4.01. The molecule has 0 N–H and O–H groups in total. The van der Waals surface area contributed by atoms with Gasteiger partial charge in [-0.2, -0.15) is 5.10 Å². The van der Waals surface area contributed by atoms with Crippen LogP contribution in [0.5, 0.6) is 5.88 Å². The largest absolute Gasteiger partial charge is 0.481 e. The first-order valence-electron chi connectivity index (χ1n) is 10.5. The molecule has 3 aromatic heterocycles. The second-order valence-corrected chi connectivity index (χ2v) is 8.35. The van der Waals surface area contributed by atoms with Crippen LogP contribution in [0.15, 0.2) is 61.1 Å². The first kappa shape index (κ1) is 20.0. The van der Waals surface area contributed by atoms with Gasteiger partial charge in [-0.05, 0) is 55.3 Å². The molecule has 1 fully saturated rings. The molecule has 1 atom stereocenters. The summed E-state index contributed by atoms with van der Waals surface area (Å²) in [4.78, 5) is 11.6. The molecule has 31 heavy (non-hydrogen) atoms. The normalized spacial score (nSPS) is 17.2. The van der Waals surface area contributed by atoms with Crippen molar-refractivity contribution in [3.63, 3.8) is 0 Å². The molecule has 0 saturated carbocycles. The Kier molecular flexibility index (Phi) is 5.57. The highest BCUT2D eigenvalue weighted by atomic mass is 35.5. The lowest BCUT2D eigenvalue weighted by atomic mass is 9.88. The number of hydrogen-bond donors (Lipinski definition) is 0. The third-order valence-electron chi connectivity index (χ3n) is 5.88. The fourth-order valence-electron chi connectivity index (χ4n) is 4.50. The molecule has 1 saturated heterocycles. The summed E-state index contributed by atoms with van der Waals surface area (Å²) in [6.45, 7) is 2.94. The van der Waals surface area contributed by atoms with Gasteiger partial charge in [0.15, 0.2) is 5.65 Å². The summed E-state index contributed by atoms with van der Waals surface area (Å²) in [5.74, 6) is 0.911. The van der Waals surface area contributed by atoms with Gasteiger partial charge < -0.3 is 4.74 Å². The van der Waals surface area contributed by atoms with Crippen LogP contribution >= 0.6 is 11.6 Å². The second-order valence-electron chi connectivity index (χ2n) is 7.91. The van der Waals surface area contributed by atoms with Crippen LogP contribution < -0.4 is 4.74 Å². The first-order chi connectivity index (χ1) is 15.2. The summed E-state index contributed by atoms with van der Waals surface area (Å²) >= 11 is 6.06. The van der Waals surface area contributed by atoms with Gasteiger partial charge in [0.1, 0.15) is 5.69 Å². The van der Waals surface area contributed by atoms with E-state index in [9.17, 15) is 0 Å². The number of benzene rings is 1. The van der Waals surface area contributed by atoms with Gasteiger partial charge in [0.2, 0.25) is 5.88 Å². The smallest absolute Gasteiger partial charge is 0.222 e. The maximum absolute atomic E-state index is 6.06. The summed E-state index contributed by atoms with van der Waals surface area (Å²) in [5.41, 5.74) is 5.16. The molecule has 4 heterocycles. The highest BCUT2D eigenvalue weighted by molar-refractivity contribution is 6.30. The zero-order valence-corrected chi connectivity index (χ0v) is 18.2. The number of piperidine rings is 1. The third-order valence-corrected chi connectivity index (χ3v) is 6.14. The number of aromatic nitrogens is 4. The fraction of sp³-hybridized carbons (Fsp3) is 0.292. The van der Waals surface area contributed by atoms with Crippen LogP contribution in [0.4, 0.5) is 0 Å². The average Bonchev–Trinajstić information content (AvgIpc) is 3.20. The molecule has 0 radical (unpaired) electrons. The minimum absolute atomic E-state index is 0.327. The summed E-state index contributed by atoms with van der Waals surface area (Å²) in [5, 5.41) is 5.66. The van der Waals surface area contributed by atoms with E-state index < -0.39 is 0 Å². The number of ether oxygens (including phenoxy) is 1. The molecule has 1 unspecified atom stereocenters. The maximum atomic E-state index is 6.06. The minimum atomic E-state index is 0.327. The Hall–Kier alpha value is -2.96. The van der Waals surface area contributed by atoms with E-state index in [4.69, 9.17) is 21.4 Å². The molecule has 5 rings (SSSR count). The number of halogens is 1. The van der Waals surface area contributed by atoms with Crippen molar-refractivity contribution in [2.24, 2.45) is 0 Å². The van der Waals surface area contributed by atoms with Crippen LogP contribution in [0, 0.1) is 0 Å². The number of methoxy groups -OCH3 is 1. The molecule has 0 spiro atoms. The minimum Gasteiger partial charge on any atom is -0.481 e. The molecule has 0 amide bonds. The van der Waals surface area contributed by atoms with Gasteiger partial charge in [0, 0.05) is 48.2 Å². The lowest BCUT2D eigenvalue weighted by molar-refractivity contribution is 0.201. The SMILES string of the molecule is COc1ncccc1-c1nn2cccnc2c1C1CCCN(Cc2ccc(Cl)cc2)C1. The van der Waals surface area contributed by atoms with Crippen molar-refractivity contribution in [2.75, 3.05) is 20.2 Å². The van der Waals surface area contributed by atoms with Gasteiger partial charge >= 0.3 is 0 Å². The van der Waals surface area contributed by atoms with Crippen molar-refractivity contribution >= 4 is 17.2 Å². The topological polar surface area (TPSA) is 55.6 Å². The van der Waals surface area contributed by atoms with Crippen molar-refractivity contribution < 1.29 is 4.74 Å². The Balaban J connectivity index is 1.52. The fourth-order valence-corrected chi connectivity index (χ4v) is 4.62. The van der Waals surface area contributed by atoms with Gasteiger partial charge in [-0.1, -0.05) is 23.7 Å². The summed E-state index contributed by atoms with van der Waals surface area (Å²) in [6.07, 6.45) is 7.76. The Labute approximate surface area is 186 Å². The van der Waals surface area contributed by atoms with Crippen molar-refractivity contribution in [3.05, 3.63) is 77.2 Å².